The highest BCUT2D eigenvalue weighted by atomic mass is 16.2. The number of hydrogen-bond donors (Lipinski definition) is 1. The Morgan fingerprint density at radius 3 is 2.36 bits per heavy atom. The standard InChI is InChI=1S/C22H25N3O3/c1-24(2)20(27)15-23-19(26)14-22(13-16-9-5-4-6-10-16)17-11-7-8-12-18(17)25(3)21(22)28/h4-12H,13-15H2,1-3H3,(H,23,26)/t22-/m1/s1. The van der Waals surface area contributed by atoms with E-state index < -0.39 is 5.41 Å². The van der Waals surface area contributed by atoms with Gasteiger partial charge in [0, 0.05) is 33.3 Å². The minimum Gasteiger partial charge on any atom is -0.347 e. The summed E-state index contributed by atoms with van der Waals surface area (Å²) < 4.78 is 0. The fraction of sp³-hybridized carbons (Fsp3) is 0.318. The number of amides is 3. The van der Waals surface area contributed by atoms with Crippen LogP contribution < -0.4 is 10.2 Å². The van der Waals surface area contributed by atoms with Gasteiger partial charge in [-0.1, -0.05) is 48.5 Å². The van der Waals surface area contributed by atoms with Crippen LogP contribution in [0.25, 0.3) is 0 Å². The highest BCUT2D eigenvalue weighted by Crippen LogP contribution is 2.45. The molecule has 0 radical (unpaired) electrons. The number of hydrogen-bond acceptors (Lipinski definition) is 3. The lowest BCUT2D eigenvalue weighted by molar-refractivity contribution is -0.132. The number of likely N-dealkylation sites (N-methyl/N-ethyl adjacent to an activating group) is 2. The second-order valence-electron chi connectivity index (χ2n) is 7.37. The van der Waals surface area contributed by atoms with Crippen molar-refractivity contribution in [3.05, 3.63) is 65.7 Å². The Hall–Kier alpha value is -3.15. The maximum atomic E-state index is 13.3. The predicted molar refractivity (Wildman–Crippen MR) is 108 cm³/mol. The smallest absolute Gasteiger partial charge is 0.241 e. The van der Waals surface area contributed by atoms with Crippen molar-refractivity contribution < 1.29 is 14.4 Å². The minimum atomic E-state index is -0.988. The Bertz CT molecular complexity index is 895. The Morgan fingerprint density at radius 2 is 1.68 bits per heavy atom. The highest BCUT2D eigenvalue weighted by molar-refractivity contribution is 6.10. The van der Waals surface area contributed by atoms with Gasteiger partial charge in [0.2, 0.25) is 17.7 Å². The molecule has 1 heterocycles. The second kappa shape index (κ2) is 7.84. The summed E-state index contributed by atoms with van der Waals surface area (Å²) in [6.07, 6.45) is 0.409. The quantitative estimate of drug-likeness (QED) is 0.831. The Balaban J connectivity index is 1.94. The first-order valence-corrected chi connectivity index (χ1v) is 9.23. The topological polar surface area (TPSA) is 69.7 Å². The van der Waals surface area contributed by atoms with Crippen molar-refractivity contribution in [3.8, 4) is 0 Å². The van der Waals surface area contributed by atoms with Gasteiger partial charge in [0.1, 0.15) is 0 Å². The van der Waals surface area contributed by atoms with Gasteiger partial charge in [-0.25, -0.2) is 0 Å². The summed E-state index contributed by atoms with van der Waals surface area (Å²) in [7, 11) is 5.01. The number of para-hydroxylation sites is 1. The van der Waals surface area contributed by atoms with Gasteiger partial charge in [-0.2, -0.15) is 0 Å². The van der Waals surface area contributed by atoms with Crippen LogP contribution in [0, 0.1) is 0 Å². The molecule has 3 rings (SSSR count). The van der Waals surface area contributed by atoms with E-state index in [1.807, 2.05) is 54.6 Å². The Labute approximate surface area is 165 Å². The van der Waals surface area contributed by atoms with Gasteiger partial charge < -0.3 is 15.1 Å². The molecule has 0 bridgehead atoms. The van der Waals surface area contributed by atoms with E-state index in [9.17, 15) is 14.4 Å². The molecule has 0 unspecified atom stereocenters. The first-order valence-electron chi connectivity index (χ1n) is 9.23. The largest absolute Gasteiger partial charge is 0.347 e. The molecule has 1 aliphatic heterocycles. The third-order valence-corrected chi connectivity index (χ3v) is 5.24. The molecule has 0 aromatic heterocycles. The molecule has 28 heavy (non-hydrogen) atoms. The first kappa shape index (κ1) is 19.6. The van der Waals surface area contributed by atoms with E-state index in [0.717, 1.165) is 16.8 Å². The third-order valence-electron chi connectivity index (χ3n) is 5.24. The molecular formula is C22H25N3O3. The molecule has 1 aliphatic rings. The SMILES string of the molecule is CN(C)C(=O)CNC(=O)C[C@@]1(Cc2ccccc2)C(=O)N(C)c2ccccc21. The summed E-state index contributed by atoms with van der Waals surface area (Å²) in [4.78, 5) is 40.9. The number of fused-ring (bicyclic) bond motifs is 1. The Kier molecular flexibility index (Phi) is 5.49. The van der Waals surface area contributed by atoms with Crippen molar-refractivity contribution in [3.63, 3.8) is 0 Å². The highest BCUT2D eigenvalue weighted by Gasteiger charge is 2.50. The Morgan fingerprint density at radius 1 is 1.04 bits per heavy atom. The zero-order valence-electron chi connectivity index (χ0n) is 16.4. The van der Waals surface area contributed by atoms with Crippen LogP contribution in [0.3, 0.4) is 0 Å². The van der Waals surface area contributed by atoms with Crippen LogP contribution in [-0.4, -0.2) is 50.3 Å². The lowest BCUT2D eigenvalue weighted by Crippen LogP contribution is -2.45. The van der Waals surface area contributed by atoms with Crippen LogP contribution in [0.5, 0.6) is 0 Å². The molecule has 0 spiro atoms. The van der Waals surface area contributed by atoms with E-state index in [2.05, 4.69) is 5.32 Å². The maximum Gasteiger partial charge on any atom is 0.241 e. The molecular weight excluding hydrogens is 354 g/mol. The van der Waals surface area contributed by atoms with Gasteiger partial charge in [0.25, 0.3) is 0 Å². The third kappa shape index (κ3) is 3.63. The molecule has 0 fully saturated rings. The number of carbonyl (C=O) groups is 3. The molecule has 0 saturated heterocycles. The molecule has 1 atom stereocenters. The minimum absolute atomic E-state index is 0.0111. The molecule has 0 aliphatic carbocycles. The molecule has 6 nitrogen and oxygen atoms in total. The number of nitrogens with one attached hydrogen (secondary N) is 1. The van der Waals surface area contributed by atoms with Crippen LogP contribution in [0.2, 0.25) is 0 Å². The summed E-state index contributed by atoms with van der Waals surface area (Å²) in [5.74, 6) is -0.614. The van der Waals surface area contributed by atoms with Gasteiger partial charge in [-0.3, -0.25) is 14.4 Å². The van der Waals surface area contributed by atoms with Gasteiger partial charge in [0.05, 0.1) is 12.0 Å². The summed E-state index contributed by atoms with van der Waals surface area (Å²) >= 11 is 0. The molecule has 0 saturated carbocycles. The summed E-state index contributed by atoms with van der Waals surface area (Å²) in [6.45, 7) is -0.0844. The van der Waals surface area contributed by atoms with Crippen LogP contribution in [-0.2, 0) is 26.2 Å². The normalized spacial score (nSPS) is 18.0. The van der Waals surface area contributed by atoms with Gasteiger partial charge in [-0.15, -0.1) is 0 Å². The van der Waals surface area contributed by atoms with Crippen LogP contribution >= 0.6 is 0 Å². The lowest BCUT2D eigenvalue weighted by atomic mass is 9.73. The molecule has 2 aromatic rings. The van der Waals surface area contributed by atoms with Crippen LogP contribution in [0.15, 0.2) is 54.6 Å². The fourth-order valence-electron chi connectivity index (χ4n) is 3.73. The lowest BCUT2D eigenvalue weighted by Gasteiger charge is -2.28. The number of rotatable bonds is 6. The van der Waals surface area contributed by atoms with Crippen molar-refractivity contribution in [1.29, 1.82) is 0 Å². The monoisotopic (exact) mass is 379 g/mol. The van der Waals surface area contributed by atoms with E-state index in [0.29, 0.717) is 6.42 Å². The maximum absolute atomic E-state index is 13.3. The van der Waals surface area contributed by atoms with Crippen molar-refractivity contribution in [2.45, 2.75) is 18.3 Å². The second-order valence-corrected chi connectivity index (χ2v) is 7.37. The van der Waals surface area contributed by atoms with Crippen molar-refractivity contribution >= 4 is 23.4 Å². The predicted octanol–water partition coefficient (Wildman–Crippen LogP) is 1.74. The van der Waals surface area contributed by atoms with E-state index in [1.165, 1.54) is 4.90 Å². The van der Waals surface area contributed by atoms with Gasteiger partial charge in [-0.05, 0) is 23.6 Å². The fourth-order valence-corrected chi connectivity index (χ4v) is 3.73. The number of benzene rings is 2. The zero-order chi connectivity index (χ0) is 20.3. The first-order chi connectivity index (χ1) is 13.3. The van der Waals surface area contributed by atoms with Crippen molar-refractivity contribution in [2.24, 2.45) is 0 Å². The van der Waals surface area contributed by atoms with E-state index in [-0.39, 0.29) is 30.7 Å². The van der Waals surface area contributed by atoms with Crippen LogP contribution in [0.1, 0.15) is 17.5 Å². The molecule has 1 N–H and O–H groups in total. The molecule has 146 valence electrons. The van der Waals surface area contributed by atoms with Crippen LogP contribution in [0.4, 0.5) is 5.69 Å². The number of anilines is 1. The molecule has 6 heteroatoms. The number of nitrogens with zero attached hydrogens (tertiary/aromatic N) is 2. The summed E-state index contributed by atoms with van der Waals surface area (Å²) in [5, 5.41) is 2.67. The summed E-state index contributed by atoms with van der Waals surface area (Å²) in [6, 6.07) is 17.3. The average Bonchev–Trinajstić information content (AvgIpc) is 2.89. The van der Waals surface area contributed by atoms with Gasteiger partial charge in [0.15, 0.2) is 0 Å². The van der Waals surface area contributed by atoms with E-state index >= 15 is 0 Å². The molecule has 2 aromatic carbocycles. The van der Waals surface area contributed by atoms with Crippen molar-refractivity contribution in [1.82, 2.24) is 10.2 Å². The van der Waals surface area contributed by atoms with Gasteiger partial charge >= 0.3 is 0 Å². The van der Waals surface area contributed by atoms with E-state index in [4.69, 9.17) is 0 Å². The molecule has 3 amide bonds. The average molecular weight is 379 g/mol. The zero-order valence-corrected chi connectivity index (χ0v) is 16.4. The summed E-state index contributed by atoms with van der Waals surface area (Å²) in [5.41, 5.74) is 1.66. The number of carbonyl (C=O) groups excluding carboxylic acids is 3. The van der Waals surface area contributed by atoms with E-state index in [1.54, 1.807) is 26.0 Å². The van der Waals surface area contributed by atoms with Crippen molar-refractivity contribution in [2.75, 3.05) is 32.6 Å².